The van der Waals surface area contributed by atoms with Gasteiger partial charge in [-0.3, -0.25) is 4.79 Å². The maximum absolute atomic E-state index is 10.4. The van der Waals surface area contributed by atoms with Crippen molar-refractivity contribution in [3.63, 3.8) is 0 Å². The molecule has 1 aliphatic rings. The highest BCUT2D eigenvalue weighted by Gasteiger charge is 2.01. The summed E-state index contributed by atoms with van der Waals surface area (Å²) in [6, 6.07) is 0. The SMILES string of the molecule is C=CCN1C=CCC(C=O)=C1. The highest BCUT2D eigenvalue weighted by Crippen LogP contribution is 2.08. The fraction of sp³-hybridized carbons (Fsp3) is 0.222. The lowest BCUT2D eigenvalue weighted by molar-refractivity contribution is -0.105. The zero-order valence-corrected chi connectivity index (χ0v) is 6.36. The minimum atomic E-state index is 0.747. The number of allylic oxidation sites excluding steroid dienone is 2. The Balaban J connectivity index is 2.60. The molecule has 0 N–H and O–H groups in total. The number of carbonyl (C=O) groups excluding carboxylic acids is 1. The first-order valence-corrected chi connectivity index (χ1v) is 3.56. The van der Waals surface area contributed by atoms with Crippen molar-refractivity contribution >= 4 is 6.29 Å². The Hall–Kier alpha value is -1.31. The Morgan fingerprint density at radius 1 is 1.73 bits per heavy atom. The van der Waals surface area contributed by atoms with E-state index in [4.69, 9.17) is 0 Å². The molecule has 1 aliphatic heterocycles. The summed E-state index contributed by atoms with van der Waals surface area (Å²) in [5.41, 5.74) is 0.814. The lowest BCUT2D eigenvalue weighted by Gasteiger charge is -2.17. The molecule has 1 rings (SSSR count). The molecular weight excluding hydrogens is 138 g/mol. The molecule has 0 unspecified atom stereocenters. The molecule has 0 fully saturated rings. The summed E-state index contributed by atoms with van der Waals surface area (Å²) in [6.45, 7) is 4.37. The van der Waals surface area contributed by atoms with Gasteiger partial charge in [-0.1, -0.05) is 12.2 Å². The van der Waals surface area contributed by atoms with Crippen molar-refractivity contribution < 1.29 is 4.79 Å². The van der Waals surface area contributed by atoms with Gasteiger partial charge in [-0.2, -0.15) is 0 Å². The van der Waals surface area contributed by atoms with E-state index in [1.54, 1.807) is 6.08 Å². The van der Waals surface area contributed by atoms with Gasteiger partial charge in [0.25, 0.3) is 0 Å². The van der Waals surface area contributed by atoms with E-state index < -0.39 is 0 Å². The van der Waals surface area contributed by atoms with E-state index in [1.165, 1.54) is 0 Å². The summed E-state index contributed by atoms with van der Waals surface area (Å²) in [5, 5.41) is 0. The molecule has 0 aromatic carbocycles. The van der Waals surface area contributed by atoms with Gasteiger partial charge in [0.2, 0.25) is 0 Å². The maximum atomic E-state index is 10.4. The molecule has 0 saturated heterocycles. The van der Waals surface area contributed by atoms with Crippen LogP contribution in [0.3, 0.4) is 0 Å². The summed E-state index contributed by atoms with van der Waals surface area (Å²) < 4.78 is 0. The first kappa shape index (κ1) is 7.79. The highest BCUT2D eigenvalue weighted by molar-refractivity contribution is 5.73. The van der Waals surface area contributed by atoms with Gasteiger partial charge in [-0.25, -0.2) is 0 Å². The average Bonchev–Trinajstić information content (AvgIpc) is 2.06. The molecule has 2 heteroatoms. The van der Waals surface area contributed by atoms with Crippen LogP contribution >= 0.6 is 0 Å². The van der Waals surface area contributed by atoms with E-state index >= 15 is 0 Å². The minimum Gasteiger partial charge on any atom is -0.350 e. The number of rotatable bonds is 3. The number of nitrogens with zero attached hydrogens (tertiary/aromatic N) is 1. The van der Waals surface area contributed by atoms with Crippen LogP contribution < -0.4 is 0 Å². The second kappa shape index (κ2) is 3.76. The number of hydrogen-bond acceptors (Lipinski definition) is 2. The Morgan fingerprint density at radius 3 is 3.18 bits per heavy atom. The Bertz CT molecular complexity index is 216. The van der Waals surface area contributed by atoms with Crippen LogP contribution in [0.15, 0.2) is 36.7 Å². The smallest absolute Gasteiger partial charge is 0.147 e. The van der Waals surface area contributed by atoms with Crippen molar-refractivity contribution in [2.45, 2.75) is 6.42 Å². The quantitative estimate of drug-likeness (QED) is 0.447. The van der Waals surface area contributed by atoms with Crippen molar-refractivity contribution in [2.24, 2.45) is 0 Å². The van der Waals surface area contributed by atoms with Crippen molar-refractivity contribution in [3.8, 4) is 0 Å². The molecule has 1 heterocycles. The van der Waals surface area contributed by atoms with E-state index in [9.17, 15) is 4.79 Å². The van der Waals surface area contributed by atoms with Crippen LogP contribution in [0.25, 0.3) is 0 Å². The molecular formula is C9H11NO. The zero-order chi connectivity index (χ0) is 8.10. The van der Waals surface area contributed by atoms with Crippen molar-refractivity contribution in [1.82, 2.24) is 4.90 Å². The van der Waals surface area contributed by atoms with Crippen LogP contribution in [0.4, 0.5) is 0 Å². The van der Waals surface area contributed by atoms with E-state index in [-0.39, 0.29) is 0 Å². The average molecular weight is 149 g/mol. The molecule has 0 aliphatic carbocycles. The fourth-order valence-corrected chi connectivity index (χ4v) is 0.974. The number of carbonyl (C=O) groups is 1. The van der Waals surface area contributed by atoms with E-state index in [1.807, 2.05) is 23.4 Å². The van der Waals surface area contributed by atoms with Crippen LogP contribution in [0.1, 0.15) is 6.42 Å². The van der Waals surface area contributed by atoms with Gasteiger partial charge in [-0.05, 0) is 6.42 Å². The molecule has 0 amide bonds. The topological polar surface area (TPSA) is 20.3 Å². The molecule has 0 aromatic heterocycles. The second-order valence-electron chi connectivity index (χ2n) is 2.40. The van der Waals surface area contributed by atoms with Gasteiger partial charge >= 0.3 is 0 Å². The normalized spacial score (nSPS) is 16.0. The molecule has 2 nitrogen and oxygen atoms in total. The highest BCUT2D eigenvalue weighted by atomic mass is 16.1. The Morgan fingerprint density at radius 2 is 2.55 bits per heavy atom. The molecule has 0 bridgehead atoms. The molecule has 0 aromatic rings. The van der Waals surface area contributed by atoms with Crippen LogP contribution in [0.5, 0.6) is 0 Å². The monoisotopic (exact) mass is 149 g/mol. The third-order valence-corrected chi connectivity index (χ3v) is 1.47. The summed E-state index contributed by atoms with van der Waals surface area (Å²) in [7, 11) is 0. The standard InChI is InChI=1S/C9H11NO/c1-2-5-10-6-3-4-9(7-10)8-11/h2-3,6-8H,1,4-5H2. The Labute approximate surface area is 66.5 Å². The zero-order valence-electron chi connectivity index (χ0n) is 6.36. The third-order valence-electron chi connectivity index (χ3n) is 1.47. The number of hydrogen-bond donors (Lipinski definition) is 0. The summed E-state index contributed by atoms with van der Waals surface area (Å²) >= 11 is 0. The van der Waals surface area contributed by atoms with Crippen molar-refractivity contribution in [3.05, 3.63) is 36.7 Å². The summed E-state index contributed by atoms with van der Waals surface area (Å²) in [6.07, 6.45) is 9.20. The number of aldehydes is 1. The molecule has 0 radical (unpaired) electrons. The van der Waals surface area contributed by atoms with E-state index in [0.717, 1.165) is 24.8 Å². The predicted molar refractivity (Wildman–Crippen MR) is 44.8 cm³/mol. The first-order chi connectivity index (χ1) is 5.36. The fourth-order valence-electron chi connectivity index (χ4n) is 0.974. The van der Waals surface area contributed by atoms with Gasteiger partial charge in [0.05, 0.1) is 0 Å². The van der Waals surface area contributed by atoms with Gasteiger partial charge in [0.15, 0.2) is 0 Å². The summed E-state index contributed by atoms with van der Waals surface area (Å²) in [4.78, 5) is 12.3. The van der Waals surface area contributed by atoms with Crippen LogP contribution in [0, 0.1) is 0 Å². The first-order valence-electron chi connectivity index (χ1n) is 3.56. The summed E-state index contributed by atoms with van der Waals surface area (Å²) in [5.74, 6) is 0. The third kappa shape index (κ3) is 2.08. The molecule has 0 spiro atoms. The largest absolute Gasteiger partial charge is 0.350 e. The lowest BCUT2D eigenvalue weighted by Crippen LogP contribution is -2.13. The molecule has 0 atom stereocenters. The second-order valence-corrected chi connectivity index (χ2v) is 2.40. The Kier molecular flexibility index (Phi) is 2.66. The van der Waals surface area contributed by atoms with Gasteiger partial charge in [-0.15, -0.1) is 6.58 Å². The van der Waals surface area contributed by atoms with E-state index in [2.05, 4.69) is 6.58 Å². The maximum Gasteiger partial charge on any atom is 0.147 e. The lowest BCUT2D eigenvalue weighted by atomic mass is 10.2. The van der Waals surface area contributed by atoms with E-state index in [0.29, 0.717) is 0 Å². The van der Waals surface area contributed by atoms with Gasteiger partial charge in [0.1, 0.15) is 6.29 Å². The molecule has 0 saturated carbocycles. The van der Waals surface area contributed by atoms with Crippen molar-refractivity contribution in [1.29, 1.82) is 0 Å². The minimum absolute atomic E-state index is 0.747. The van der Waals surface area contributed by atoms with Crippen LogP contribution in [-0.4, -0.2) is 17.7 Å². The van der Waals surface area contributed by atoms with Crippen LogP contribution in [0.2, 0.25) is 0 Å². The molecule has 58 valence electrons. The molecule has 11 heavy (non-hydrogen) atoms. The predicted octanol–water partition coefficient (Wildman–Crippen LogP) is 1.47. The van der Waals surface area contributed by atoms with Gasteiger partial charge < -0.3 is 4.90 Å². The van der Waals surface area contributed by atoms with Gasteiger partial charge in [0, 0.05) is 24.5 Å². The van der Waals surface area contributed by atoms with Crippen molar-refractivity contribution in [2.75, 3.05) is 6.54 Å². The van der Waals surface area contributed by atoms with Crippen LogP contribution in [-0.2, 0) is 4.79 Å².